The fourth-order valence-electron chi connectivity index (χ4n) is 1.63. The van der Waals surface area contributed by atoms with E-state index in [1.165, 1.54) is 0 Å². The van der Waals surface area contributed by atoms with Gasteiger partial charge in [0, 0.05) is 13.0 Å². The van der Waals surface area contributed by atoms with Crippen molar-refractivity contribution < 1.29 is 9.59 Å². The Hall–Kier alpha value is -2.32. The van der Waals surface area contributed by atoms with Crippen molar-refractivity contribution in [2.45, 2.75) is 26.3 Å². The third kappa shape index (κ3) is 5.28. The van der Waals surface area contributed by atoms with E-state index in [4.69, 9.17) is 12.2 Å². The molecule has 2 amide bonds. The summed E-state index contributed by atoms with van der Waals surface area (Å²) in [5, 5.41) is 5.46. The molecule has 0 saturated heterocycles. The van der Waals surface area contributed by atoms with E-state index < -0.39 is 11.9 Å². The van der Waals surface area contributed by atoms with Crippen molar-refractivity contribution in [3.63, 3.8) is 0 Å². The molecule has 0 aliphatic carbocycles. The molecule has 1 rings (SSSR count). The zero-order chi connectivity index (χ0) is 15.8. The zero-order valence-corrected chi connectivity index (χ0v) is 12.3. The topological polar surface area (TPSA) is 84.2 Å². The molecule has 1 atom stereocenters. The van der Waals surface area contributed by atoms with Gasteiger partial charge in [-0.2, -0.15) is 0 Å². The van der Waals surface area contributed by atoms with E-state index in [2.05, 4.69) is 16.6 Å². The molecular formula is C16H21N3O2. The van der Waals surface area contributed by atoms with Crippen LogP contribution < -0.4 is 16.4 Å². The van der Waals surface area contributed by atoms with Gasteiger partial charge in [0.05, 0.1) is 17.3 Å². The highest BCUT2D eigenvalue weighted by Crippen LogP contribution is 2.15. The van der Waals surface area contributed by atoms with Gasteiger partial charge in [0.25, 0.3) is 5.91 Å². The minimum atomic E-state index is -0.790. The first-order chi connectivity index (χ1) is 9.95. The number of hydrogen-bond donors (Lipinski definition) is 3. The van der Waals surface area contributed by atoms with Crippen LogP contribution in [0.15, 0.2) is 24.3 Å². The lowest BCUT2D eigenvalue weighted by Gasteiger charge is -2.14. The Labute approximate surface area is 125 Å². The first-order valence-electron chi connectivity index (χ1n) is 6.82. The van der Waals surface area contributed by atoms with Crippen LogP contribution in [0.1, 0.15) is 30.6 Å². The fraction of sp³-hybridized carbons (Fsp3) is 0.375. The van der Waals surface area contributed by atoms with Crippen LogP contribution in [-0.2, 0) is 4.79 Å². The number of amides is 2. The summed E-state index contributed by atoms with van der Waals surface area (Å²) < 4.78 is 0. The molecule has 0 aromatic heterocycles. The van der Waals surface area contributed by atoms with Gasteiger partial charge in [-0.1, -0.05) is 26.0 Å². The van der Waals surface area contributed by atoms with Crippen LogP contribution in [0.5, 0.6) is 0 Å². The number of terminal acetylenes is 1. The van der Waals surface area contributed by atoms with Crippen LogP contribution in [0.2, 0.25) is 0 Å². The molecule has 21 heavy (non-hydrogen) atoms. The van der Waals surface area contributed by atoms with Crippen LogP contribution in [0.4, 0.5) is 5.69 Å². The maximum absolute atomic E-state index is 12.1. The van der Waals surface area contributed by atoms with Gasteiger partial charge >= 0.3 is 0 Å². The summed E-state index contributed by atoms with van der Waals surface area (Å²) in [5.41, 5.74) is 6.47. The van der Waals surface area contributed by atoms with E-state index in [1.807, 2.05) is 13.8 Å². The molecular weight excluding hydrogens is 266 g/mol. The van der Waals surface area contributed by atoms with Crippen molar-refractivity contribution in [2.75, 3.05) is 11.9 Å². The highest BCUT2D eigenvalue weighted by molar-refractivity contribution is 6.04. The molecule has 112 valence electrons. The van der Waals surface area contributed by atoms with Gasteiger partial charge < -0.3 is 16.4 Å². The summed E-state index contributed by atoms with van der Waals surface area (Å²) in [7, 11) is 0. The zero-order valence-electron chi connectivity index (χ0n) is 12.3. The van der Waals surface area contributed by atoms with Gasteiger partial charge in [0.1, 0.15) is 0 Å². The van der Waals surface area contributed by atoms with Gasteiger partial charge in [-0.3, -0.25) is 9.59 Å². The molecule has 5 heteroatoms. The van der Waals surface area contributed by atoms with Crippen LogP contribution in [0.25, 0.3) is 0 Å². The summed E-state index contributed by atoms with van der Waals surface area (Å²) in [4.78, 5) is 24.0. The molecule has 0 radical (unpaired) electrons. The van der Waals surface area contributed by atoms with E-state index in [0.29, 0.717) is 23.7 Å². The lowest BCUT2D eigenvalue weighted by Crippen LogP contribution is -2.36. The number of anilines is 1. The highest BCUT2D eigenvalue weighted by Gasteiger charge is 2.16. The monoisotopic (exact) mass is 287 g/mol. The Kier molecular flexibility index (Phi) is 6.44. The molecule has 0 aliphatic heterocycles. The van der Waals surface area contributed by atoms with Gasteiger partial charge in [-0.05, 0) is 18.1 Å². The second kappa shape index (κ2) is 8.08. The SMILES string of the molecule is C#CCC(N)C(=O)Nc1ccccc1C(=O)NCC(C)C. The predicted octanol–water partition coefficient (Wildman–Crippen LogP) is 1.36. The van der Waals surface area contributed by atoms with Crippen LogP contribution in [0, 0.1) is 18.3 Å². The number of nitrogens with one attached hydrogen (secondary N) is 2. The minimum absolute atomic E-state index is 0.146. The van der Waals surface area contributed by atoms with Gasteiger partial charge in [-0.25, -0.2) is 0 Å². The van der Waals surface area contributed by atoms with Gasteiger partial charge in [-0.15, -0.1) is 12.3 Å². The minimum Gasteiger partial charge on any atom is -0.352 e. The molecule has 0 bridgehead atoms. The molecule has 4 N–H and O–H groups in total. The van der Waals surface area contributed by atoms with E-state index >= 15 is 0 Å². The summed E-state index contributed by atoms with van der Waals surface area (Å²) >= 11 is 0. The van der Waals surface area contributed by atoms with E-state index in [1.54, 1.807) is 24.3 Å². The van der Waals surface area contributed by atoms with Crippen molar-refractivity contribution in [2.24, 2.45) is 11.7 Å². The number of rotatable bonds is 6. The van der Waals surface area contributed by atoms with E-state index in [-0.39, 0.29) is 12.3 Å². The first kappa shape index (κ1) is 16.7. The molecule has 0 spiro atoms. The van der Waals surface area contributed by atoms with Crippen molar-refractivity contribution in [3.05, 3.63) is 29.8 Å². The molecule has 0 fully saturated rings. The predicted molar refractivity (Wildman–Crippen MR) is 83.7 cm³/mol. The molecule has 1 unspecified atom stereocenters. The maximum Gasteiger partial charge on any atom is 0.253 e. The molecule has 5 nitrogen and oxygen atoms in total. The van der Waals surface area contributed by atoms with E-state index in [0.717, 1.165) is 0 Å². The standard InChI is InChI=1S/C16H21N3O2/c1-4-7-13(17)16(21)19-14-9-6-5-8-12(14)15(20)18-10-11(2)3/h1,5-6,8-9,11,13H,7,10,17H2,2-3H3,(H,18,20)(H,19,21). The van der Waals surface area contributed by atoms with Crippen molar-refractivity contribution >= 4 is 17.5 Å². The summed E-state index contributed by atoms with van der Waals surface area (Å²) in [6.45, 7) is 4.58. The van der Waals surface area contributed by atoms with Crippen molar-refractivity contribution in [1.29, 1.82) is 0 Å². The Balaban J connectivity index is 2.82. The lowest BCUT2D eigenvalue weighted by atomic mass is 10.1. The smallest absolute Gasteiger partial charge is 0.253 e. The summed E-state index contributed by atoms with van der Waals surface area (Å²) in [5.74, 6) is 2.05. The molecule has 1 aromatic rings. The van der Waals surface area contributed by atoms with Crippen LogP contribution in [-0.4, -0.2) is 24.4 Å². The number of carbonyl (C=O) groups excluding carboxylic acids is 2. The second-order valence-corrected chi connectivity index (χ2v) is 5.15. The Bertz CT molecular complexity index is 547. The average molecular weight is 287 g/mol. The normalized spacial score (nSPS) is 11.6. The number of nitrogens with two attached hydrogens (primary N) is 1. The fourth-order valence-corrected chi connectivity index (χ4v) is 1.63. The quantitative estimate of drug-likeness (QED) is 0.691. The number of hydrogen-bond acceptors (Lipinski definition) is 3. The summed E-state index contributed by atoms with van der Waals surface area (Å²) in [6.07, 6.45) is 5.28. The third-order valence-corrected chi connectivity index (χ3v) is 2.77. The molecule has 1 aromatic carbocycles. The second-order valence-electron chi connectivity index (χ2n) is 5.15. The Morgan fingerprint density at radius 2 is 2.00 bits per heavy atom. The highest BCUT2D eigenvalue weighted by atomic mass is 16.2. The van der Waals surface area contributed by atoms with Gasteiger partial charge in [0.15, 0.2) is 0 Å². The summed E-state index contributed by atoms with van der Waals surface area (Å²) in [6, 6.07) is 5.99. The number of para-hydroxylation sites is 1. The molecule has 0 heterocycles. The number of benzene rings is 1. The largest absolute Gasteiger partial charge is 0.352 e. The number of carbonyl (C=O) groups is 2. The Morgan fingerprint density at radius 3 is 2.62 bits per heavy atom. The first-order valence-corrected chi connectivity index (χ1v) is 6.82. The van der Waals surface area contributed by atoms with E-state index in [9.17, 15) is 9.59 Å². The molecule has 0 aliphatic rings. The maximum atomic E-state index is 12.1. The third-order valence-electron chi connectivity index (χ3n) is 2.77. The van der Waals surface area contributed by atoms with Gasteiger partial charge in [0.2, 0.25) is 5.91 Å². The van der Waals surface area contributed by atoms with Crippen molar-refractivity contribution in [1.82, 2.24) is 5.32 Å². The molecule has 0 saturated carbocycles. The van der Waals surface area contributed by atoms with Crippen molar-refractivity contribution in [3.8, 4) is 12.3 Å². The lowest BCUT2D eigenvalue weighted by molar-refractivity contribution is -0.117. The van der Waals surface area contributed by atoms with Crippen LogP contribution >= 0.6 is 0 Å². The average Bonchev–Trinajstić information content (AvgIpc) is 2.45. The van der Waals surface area contributed by atoms with Crippen LogP contribution in [0.3, 0.4) is 0 Å². The Morgan fingerprint density at radius 1 is 1.33 bits per heavy atom.